The van der Waals surface area contributed by atoms with E-state index in [-0.39, 0.29) is 17.9 Å². The zero-order chi connectivity index (χ0) is 18.6. The molecule has 0 radical (unpaired) electrons. The van der Waals surface area contributed by atoms with Crippen LogP contribution in [-0.2, 0) is 15.0 Å². The average molecular weight is 349 g/mol. The Morgan fingerprint density at radius 3 is 2.69 bits per heavy atom. The topological polar surface area (TPSA) is 61.4 Å². The van der Waals surface area contributed by atoms with E-state index in [0.717, 1.165) is 33.8 Å². The quantitative estimate of drug-likeness (QED) is 0.824. The number of carbonyl (C=O) groups is 2. The maximum Gasteiger partial charge on any atom is 0.236 e. The fourth-order valence-electron chi connectivity index (χ4n) is 3.97. The Morgan fingerprint density at radius 2 is 1.92 bits per heavy atom. The van der Waals surface area contributed by atoms with Gasteiger partial charge in [0.1, 0.15) is 0 Å². The van der Waals surface area contributed by atoms with Gasteiger partial charge >= 0.3 is 0 Å². The normalized spacial score (nSPS) is 20.8. The summed E-state index contributed by atoms with van der Waals surface area (Å²) in [5.41, 5.74) is 5.24. The van der Waals surface area contributed by atoms with Crippen molar-refractivity contribution in [1.29, 1.82) is 0 Å². The summed E-state index contributed by atoms with van der Waals surface area (Å²) in [4.78, 5) is 26.3. The largest absolute Gasteiger partial charge is 0.380 e. The molecule has 1 atom stereocenters. The van der Waals surface area contributed by atoms with E-state index in [1.807, 2.05) is 58.2 Å². The van der Waals surface area contributed by atoms with Crippen LogP contribution in [0.4, 0.5) is 17.1 Å². The minimum absolute atomic E-state index is 0.0169. The molecule has 0 aliphatic carbocycles. The van der Waals surface area contributed by atoms with Crippen LogP contribution in [-0.4, -0.2) is 24.9 Å². The number of amides is 2. The van der Waals surface area contributed by atoms with Crippen LogP contribution in [0.1, 0.15) is 32.8 Å². The molecular weight excluding hydrogens is 326 g/mol. The summed E-state index contributed by atoms with van der Waals surface area (Å²) in [6.45, 7) is 5.94. The highest BCUT2D eigenvalue weighted by molar-refractivity contribution is 6.08. The van der Waals surface area contributed by atoms with Crippen molar-refractivity contribution < 1.29 is 9.59 Å². The summed E-state index contributed by atoms with van der Waals surface area (Å²) in [5, 5.41) is 6.45. The van der Waals surface area contributed by atoms with Gasteiger partial charge in [-0.25, -0.2) is 0 Å². The average Bonchev–Trinajstić information content (AvgIpc) is 2.71. The summed E-state index contributed by atoms with van der Waals surface area (Å²) in [6, 6.07) is 12.1. The molecular formula is C21H23N3O2. The monoisotopic (exact) mass is 349 g/mol. The second-order valence-corrected chi connectivity index (χ2v) is 7.75. The first kappa shape index (κ1) is 16.6. The van der Waals surface area contributed by atoms with Crippen LogP contribution in [0, 0.1) is 0 Å². The molecule has 134 valence electrons. The molecule has 0 bridgehead atoms. The first-order valence-electron chi connectivity index (χ1n) is 8.91. The second kappa shape index (κ2) is 5.59. The zero-order valence-corrected chi connectivity index (χ0v) is 15.5. The maximum absolute atomic E-state index is 12.6. The Kier molecular flexibility index (Phi) is 3.58. The SMILES string of the molecule is C[C@@H]1CC(=O)Nc2cccc(-c3ccc4c(c3)C(C)(C)C(=O)N4C)c2N1. The van der Waals surface area contributed by atoms with Gasteiger partial charge in [-0.3, -0.25) is 9.59 Å². The lowest BCUT2D eigenvalue weighted by molar-refractivity contribution is -0.121. The van der Waals surface area contributed by atoms with Gasteiger partial charge in [0.15, 0.2) is 0 Å². The Hall–Kier alpha value is -2.82. The highest BCUT2D eigenvalue weighted by atomic mass is 16.2. The Labute approximate surface area is 153 Å². The number of fused-ring (bicyclic) bond motifs is 2. The first-order valence-corrected chi connectivity index (χ1v) is 8.91. The van der Waals surface area contributed by atoms with E-state index in [1.54, 1.807) is 4.90 Å². The van der Waals surface area contributed by atoms with E-state index < -0.39 is 5.41 Å². The molecule has 0 saturated carbocycles. The van der Waals surface area contributed by atoms with Crippen LogP contribution in [0.3, 0.4) is 0 Å². The highest BCUT2D eigenvalue weighted by Gasteiger charge is 2.42. The molecule has 0 saturated heterocycles. The van der Waals surface area contributed by atoms with Gasteiger partial charge in [-0.2, -0.15) is 0 Å². The molecule has 0 aromatic heterocycles. The van der Waals surface area contributed by atoms with Gasteiger partial charge < -0.3 is 15.5 Å². The standard InChI is InChI=1S/C21H23N3O2/c1-12-10-18(25)23-16-7-5-6-14(19(16)22-12)13-8-9-17-15(11-13)21(2,3)20(26)24(17)4/h5-9,11-12,22H,10H2,1-4H3,(H,23,25)/t12-/m1/s1. The van der Waals surface area contributed by atoms with Gasteiger partial charge in [-0.1, -0.05) is 18.2 Å². The number of likely N-dealkylation sites (N-methyl/N-ethyl adjacent to an activating group) is 1. The molecule has 2 amide bonds. The zero-order valence-electron chi connectivity index (χ0n) is 15.5. The van der Waals surface area contributed by atoms with E-state index >= 15 is 0 Å². The van der Waals surface area contributed by atoms with E-state index in [4.69, 9.17) is 0 Å². The van der Waals surface area contributed by atoms with Crippen molar-refractivity contribution >= 4 is 28.9 Å². The number of rotatable bonds is 1. The molecule has 5 heteroatoms. The summed E-state index contributed by atoms with van der Waals surface area (Å²) >= 11 is 0. The molecule has 26 heavy (non-hydrogen) atoms. The summed E-state index contributed by atoms with van der Waals surface area (Å²) in [6.07, 6.45) is 0.435. The van der Waals surface area contributed by atoms with Crippen LogP contribution in [0.25, 0.3) is 11.1 Å². The summed E-state index contributed by atoms with van der Waals surface area (Å²) in [5.74, 6) is 0.124. The third-order valence-corrected chi connectivity index (χ3v) is 5.40. The highest BCUT2D eigenvalue weighted by Crippen LogP contribution is 2.44. The van der Waals surface area contributed by atoms with Crippen LogP contribution in [0.15, 0.2) is 36.4 Å². The predicted octanol–water partition coefficient (Wildman–Crippen LogP) is 3.75. The van der Waals surface area contributed by atoms with Crippen LogP contribution >= 0.6 is 0 Å². The minimum atomic E-state index is -0.541. The van der Waals surface area contributed by atoms with Crippen LogP contribution in [0.5, 0.6) is 0 Å². The molecule has 0 spiro atoms. The fraction of sp³-hybridized carbons (Fsp3) is 0.333. The summed E-state index contributed by atoms with van der Waals surface area (Å²) in [7, 11) is 1.82. The number of nitrogens with one attached hydrogen (secondary N) is 2. The Balaban J connectivity index is 1.87. The van der Waals surface area contributed by atoms with Crippen molar-refractivity contribution in [2.24, 2.45) is 0 Å². The van der Waals surface area contributed by atoms with E-state index in [2.05, 4.69) is 16.7 Å². The van der Waals surface area contributed by atoms with E-state index in [0.29, 0.717) is 6.42 Å². The predicted molar refractivity (Wildman–Crippen MR) is 105 cm³/mol. The molecule has 2 aromatic rings. The molecule has 2 aromatic carbocycles. The summed E-state index contributed by atoms with van der Waals surface area (Å²) < 4.78 is 0. The lowest BCUT2D eigenvalue weighted by atomic mass is 9.84. The molecule has 4 rings (SSSR count). The lowest BCUT2D eigenvalue weighted by Crippen LogP contribution is -2.33. The van der Waals surface area contributed by atoms with Crippen molar-refractivity contribution in [1.82, 2.24) is 0 Å². The van der Waals surface area contributed by atoms with Crippen LogP contribution < -0.4 is 15.5 Å². The van der Waals surface area contributed by atoms with Crippen molar-refractivity contribution in [2.45, 2.75) is 38.6 Å². The third-order valence-electron chi connectivity index (χ3n) is 5.40. The Morgan fingerprint density at radius 1 is 1.15 bits per heavy atom. The molecule has 0 unspecified atom stereocenters. The van der Waals surface area contributed by atoms with Gasteiger partial charge in [0.05, 0.1) is 16.8 Å². The lowest BCUT2D eigenvalue weighted by Gasteiger charge is -2.19. The number of para-hydroxylation sites is 1. The van der Waals surface area contributed by atoms with Crippen molar-refractivity contribution in [3.05, 3.63) is 42.0 Å². The van der Waals surface area contributed by atoms with Gasteiger partial charge in [-0.05, 0) is 50.1 Å². The smallest absolute Gasteiger partial charge is 0.236 e. The van der Waals surface area contributed by atoms with Gasteiger partial charge in [0.25, 0.3) is 0 Å². The van der Waals surface area contributed by atoms with Crippen molar-refractivity contribution in [3.8, 4) is 11.1 Å². The number of hydrogen-bond acceptors (Lipinski definition) is 3. The molecule has 2 aliphatic rings. The molecule has 2 heterocycles. The molecule has 0 fully saturated rings. The van der Waals surface area contributed by atoms with E-state index in [9.17, 15) is 9.59 Å². The number of benzene rings is 2. The van der Waals surface area contributed by atoms with E-state index in [1.165, 1.54) is 0 Å². The fourth-order valence-corrected chi connectivity index (χ4v) is 3.97. The molecule has 2 aliphatic heterocycles. The van der Waals surface area contributed by atoms with Gasteiger partial charge in [-0.15, -0.1) is 0 Å². The van der Waals surface area contributed by atoms with Gasteiger partial charge in [0, 0.05) is 30.8 Å². The van der Waals surface area contributed by atoms with Crippen LogP contribution in [0.2, 0.25) is 0 Å². The number of hydrogen-bond donors (Lipinski definition) is 2. The number of anilines is 3. The van der Waals surface area contributed by atoms with Gasteiger partial charge in [0.2, 0.25) is 11.8 Å². The van der Waals surface area contributed by atoms with Crippen molar-refractivity contribution in [3.63, 3.8) is 0 Å². The second-order valence-electron chi connectivity index (χ2n) is 7.75. The minimum Gasteiger partial charge on any atom is -0.380 e. The number of carbonyl (C=O) groups excluding carboxylic acids is 2. The molecule has 2 N–H and O–H groups in total. The Bertz CT molecular complexity index is 933. The first-order chi connectivity index (χ1) is 12.3. The maximum atomic E-state index is 12.6. The molecule has 5 nitrogen and oxygen atoms in total. The number of nitrogens with zero attached hydrogens (tertiary/aromatic N) is 1. The third kappa shape index (κ3) is 2.38. The van der Waals surface area contributed by atoms with Crippen molar-refractivity contribution in [2.75, 3.05) is 22.6 Å².